The molecule has 1 heterocycles. The van der Waals surface area contributed by atoms with E-state index in [1.54, 1.807) is 14.2 Å². The van der Waals surface area contributed by atoms with Crippen molar-refractivity contribution in [2.75, 3.05) is 27.2 Å². The third-order valence-corrected chi connectivity index (χ3v) is 5.31. The van der Waals surface area contributed by atoms with Gasteiger partial charge in [0.25, 0.3) is 0 Å². The lowest BCUT2D eigenvalue weighted by molar-refractivity contribution is 0.0792. The molecule has 164 valence electrons. The number of rotatable bonds is 7. The predicted molar refractivity (Wildman–Crippen MR) is 132 cm³/mol. The van der Waals surface area contributed by atoms with Crippen LogP contribution in [0, 0.1) is 0 Å². The molecular weight excluding hydrogens is 491 g/mol. The highest BCUT2D eigenvalue weighted by Crippen LogP contribution is 2.17. The molecule has 0 bridgehead atoms. The molecule has 6 nitrogen and oxygen atoms in total. The highest BCUT2D eigenvalue weighted by atomic mass is 127. The third kappa shape index (κ3) is 7.45. The first-order valence-corrected chi connectivity index (χ1v) is 10.2. The van der Waals surface area contributed by atoms with Gasteiger partial charge in [0, 0.05) is 45.3 Å². The zero-order valence-electron chi connectivity index (χ0n) is 17.8. The topological polar surface area (TPSA) is 69.1 Å². The van der Waals surface area contributed by atoms with Crippen molar-refractivity contribution in [2.45, 2.75) is 38.6 Å². The van der Waals surface area contributed by atoms with Gasteiger partial charge < -0.3 is 20.5 Å². The number of nitrogens with one attached hydrogen (secondary N) is 2. The van der Waals surface area contributed by atoms with Crippen molar-refractivity contribution < 1.29 is 9.84 Å². The minimum Gasteiger partial charge on any atom is -0.496 e. The standard InChI is InChI=1S/C23H32N4O2.HI/c1-24-23(26-16-20-5-3-4-6-22(20)29-2)25-15-18-7-9-19(10-8-18)17-27-13-11-21(28)12-14-27;/h3-10,21,28H,11-17H2,1-2H3,(H2,24,25,26);1H. The van der Waals surface area contributed by atoms with Crippen LogP contribution >= 0.6 is 24.0 Å². The summed E-state index contributed by atoms with van der Waals surface area (Å²) in [5.74, 6) is 1.63. The number of para-hydroxylation sites is 1. The number of halogens is 1. The Morgan fingerprint density at radius 1 is 1.03 bits per heavy atom. The summed E-state index contributed by atoms with van der Waals surface area (Å²) in [7, 11) is 3.46. The summed E-state index contributed by atoms with van der Waals surface area (Å²) in [6.45, 7) is 4.24. The van der Waals surface area contributed by atoms with Gasteiger partial charge in [-0.1, -0.05) is 42.5 Å². The van der Waals surface area contributed by atoms with E-state index in [4.69, 9.17) is 4.74 Å². The van der Waals surface area contributed by atoms with Gasteiger partial charge in [-0.25, -0.2) is 0 Å². The number of methoxy groups -OCH3 is 1. The average molecular weight is 524 g/mol. The number of aliphatic hydroxyl groups is 1. The van der Waals surface area contributed by atoms with Gasteiger partial charge in [0.2, 0.25) is 0 Å². The Balaban J connectivity index is 0.00000320. The van der Waals surface area contributed by atoms with Crippen molar-refractivity contribution >= 4 is 29.9 Å². The first kappa shape index (κ1) is 24.4. The molecule has 0 radical (unpaired) electrons. The van der Waals surface area contributed by atoms with Crippen LogP contribution in [0.2, 0.25) is 0 Å². The number of piperidine rings is 1. The van der Waals surface area contributed by atoms with Gasteiger partial charge in [-0.05, 0) is 30.0 Å². The van der Waals surface area contributed by atoms with E-state index in [0.29, 0.717) is 13.1 Å². The van der Waals surface area contributed by atoms with Crippen LogP contribution in [0.3, 0.4) is 0 Å². The summed E-state index contributed by atoms with van der Waals surface area (Å²) >= 11 is 0. The van der Waals surface area contributed by atoms with Gasteiger partial charge >= 0.3 is 0 Å². The quantitative estimate of drug-likeness (QED) is 0.295. The summed E-state index contributed by atoms with van der Waals surface area (Å²) < 4.78 is 5.40. The average Bonchev–Trinajstić information content (AvgIpc) is 2.76. The van der Waals surface area contributed by atoms with E-state index in [2.05, 4.69) is 44.8 Å². The number of hydrogen-bond acceptors (Lipinski definition) is 4. The zero-order valence-corrected chi connectivity index (χ0v) is 20.1. The summed E-state index contributed by atoms with van der Waals surface area (Å²) in [6, 6.07) is 16.7. The highest BCUT2D eigenvalue weighted by molar-refractivity contribution is 14.0. The first-order chi connectivity index (χ1) is 14.2. The molecule has 2 aromatic carbocycles. The number of hydrogen-bond donors (Lipinski definition) is 3. The maximum atomic E-state index is 9.63. The second-order valence-electron chi connectivity index (χ2n) is 7.41. The van der Waals surface area contributed by atoms with E-state index in [-0.39, 0.29) is 30.1 Å². The van der Waals surface area contributed by atoms with Crippen LogP contribution in [0.5, 0.6) is 5.75 Å². The summed E-state index contributed by atoms with van der Waals surface area (Å²) in [5.41, 5.74) is 3.61. The zero-order chi connectivity index (χ0) is 20.5. The molecule has 1 aliphatic rings. The van der Waals surface area contributed by atoms with Crippen LogP contribution in [0.25, 0.3) is 0 Å². The lowest BCUT2D eigenvalue weighted by Gasteiger charge is -2.29. The van der Waals surface area contributed by atoms with Crippen LogP contribution in [0.15, 0.2) is 53.5 Å². The van der Waals surface area contributed by atoms with Crippen LogP contribution in [0.4, 0.5) is 0 Å². The second kappa shape index (κ2) is 12.8. The monoisotopic (exact) mass is 524 g/mol. The molecule has 30 heavy (non-hydrogen) atoms. The number of likely N-dealkylation sites (tertiary alicyclic amines) is 1. The summed E-state index contributed by atoms with van der Waals surface area (Å²) in [6.07, 6.45) is 1.64. The number of guanidine groups is 1. The molecule has 0 amide bonds. The highest BCUT2D eigenvalue weighted by Gasteiger charge is 2.16. The van der Waals surface area contributed by atoms with E-state index in [1.807, 2.05) is 24.3 Å². The normalized spacial score (nSPS) is 15.4. The minimum atomic E-state index is -0.120. The Morgan fingerprint density at radius 2 is 1.67 bits per heavy atom. The van der Waals surface area contributed by atoms with Crippen LogP contribution < -0.4 is 15.4 Å². The molecule has 1 fully saturated rings. The molecule has 7 heteroatoms. The molecule has 1 saturated heterocycles. The molecule has 2 aromatic rings. The molecule has 3 rings (SSSR count). The fourth-order valence-electron chi connectivity index (χ4n) is 3.53. The molecule has 3 N–H and O–H groups in total. The van der Waals surface area contributed by atoms with Gasteiger partial charge in [-0.3, -0.25) is 9.89 Å². The van der Waals surface area contributed by atoms with E-state index >= 15 is 0 Å². The number of benzene rings is 2. The largest absolute Gasteiger partial charge is 0.496 e. The van der Waals surface area contributed by atoms with Crippen LogP contribution in [-0.2, 0) is 19.6 Å². The number of ether oxygens (including phenoxy) is 1. The number of nitrogens with zero attached hydrogens (tertiary/aromatic N) is 2. The van der Waals surface area contributed by atoms with E-state index in [1.165, 1.54) is 11.1 Å². The van der Waals surface area contributed by atoms with Crippen molar-refractivity contribution in [3.63, 3.8) is 0 Å². The fourth-order valence-corrected chi connectivity index (χ4v) is 3.53. The Bertz CT molecular complexity index is 790. The molecule has 1 aliphatic heterocycles. The molecule has 0 aliphatic carbocycles. The van der Waals surface area contributed by atoms with E-state index < -0.39 is 0 Å². The SMILES string of the molecule is CN=C(NCc1ccc(CN2CCC(O)CC2)cc1)NCc1ccccc1OC.I. The molecule has 0 spiro atoms. The number of aliphatic hydroxyl groups excluding tert-OH is 1. The predicted octanol–water partition coefficient (Wildman–Crippen LogP) is 3.14. The molecule has 0 atom stereocenters. The first-order valence-electron chi connectivity index (χ1n) is 10.2. The second-order valence-corrected chi connectivity index (χ2v) is 7.41. The maximum absolute atomic E-state index is 9.63. The van der Waals surface area contributed by atoms with Gasteiger partial charge in [0.15, 0.2) is 5.96 Å². The Morgan fingerprint density at radius 3 is 2.33 bits per heavy atom. The van der Waals surface area contributed by atoms with Gasteiger partial charge in [-0.15, -0.1) is 24.0 Å². The summed E-state index contributed by atoms with van der Waals surface area (Å²) in [5, 5.41) is 16.3. The van der Waals surface area contributed by atoms with E-state index in [9.17, 15) is 5.11 Å². The Hall–Kier alpha value is -1.84. The lowest BCUT2D eigenvalue weighted by atomic mass is 10.1. The van der Waals surface area contributed by atoms with Crippen molar-refractivity contribution in [3.05, 3.63) is 65.2 Å². The van der Waals surface area contributed by atoms with E-state index in [0.717, 1.165) is 49.7 Å². The van der Waals surface area contributed by atoms with Crippen molar-refractivity contribution in [1.29, 1.82) is 0 Å². The van der Waals surface area contributed by atoms with Crippen molar-refractivity contribution in [1.82, 2.24) is 15.5 Å². The van der Waals surface area contributed by atoms with Gasteiger partial charge in [0.05, 0.1) is 13.2 Å². The molecular formula is C23H33IN4O2. The van der Waals surface area contributed by atoms with Gasteiger partial charge in [-0.2, -0.15) is 0 Å². The maximum Gasteiger partial charge on any atom is 0.191 e. The molecule has 0 saturated carbocycles. The third-order valence-electron chi connectivity index (χ3n) is 5.31. The van der Waals surface area contributed by atoms with Crippen LogP contribution in [-0.4, -0.2) is 49.3 Å². The summed E-state index contributed by atoms with van der Waals surface area (Å²) in [4.78, 5) is 6.71. The Kier molecular flexibility index (Phi) is 10.4. The van der Waals surface area contributed by atoms with Gasteiger partial charge in [0.1, 0.15) is 5.75 Å². The molecule has 0 unspecified atom stereocenters. The van der Waals surface area contributed by atoms with Crippen LogP contribution in [0.1, 0.15) is 29.5 Å². The minimum absolute atomic E-state index is 0. The number of aliphatic imine (C=N–C) groups is 1. The fraction of sp³-hybridized carbons (Fsp3) is 0.435. The Labute approximate surface area is 196 Å². The lowest BCUT2D eigenvalue weighted by Crippen LogP contribution is -2.36. The van der Waals surface area contributed by atoms with Crippen molar-refractivity contribution in [2.24, 2.45) is 4.99 Å². The molecule has 0 aromatic heterocycles. The smallest absolute Gasteiger partial charge is 0.191 e. The van der Waals surface area contributed by atoms with Crippen molar-refractivity contribution in [3.8, 4) is 5.75 Å².